The molecule has 3 aromatic carbocycles. The van der Waals surface area contributed by atoms with E-state index < -0.39 is 11.9 Å². The molecule has 3 rings (SSSR count). The van der Waals surface area contributed by atoms with E-state index in [1.165, 1.54) is 0 Å². The highest BCUT2D eigenvalue weighted by molar-refractivity contribution is 5.93. The molecule has 0 fully saturated rings. The highest BCUT2D eigenvalue weighted by atomic mass is 16.6. The van der Waals surface area contributed by atoms with Crippen LogP contribution >= 0.6 is 0 Å². The van der Waals surface area contributed by atoms with Gasteiger partial charge in [-0.25, -0.2) is 9.59 Å². The summed E-state index contributed by atoms with van der Waals surface area (Å²) in [5, 5.41) is 0. The second-order valence-corrected chi connectivity index (χ2v) is 6.26. The van der Waals surface area contributed by atoms with E-state index in [1.54, 1.807) is 48.5 Å². The Bertz CT molecular complexity index is 882. The van der Waals surface area contributed by atoms with Crippen molar-refractivity contribution in [2.75, 3.05) is 0 Å². The third-order valence-corrected chi connectivity index (χ3v) is 4.45. The molecule has 0 aliphatic rings. The fourth-order valence-electron chi connectivity index (χ4n) is 2.88. The number of benzene rings is 3. The molecule has 4 heteroatoms. The van der Waals surface area contributed by atoms with Crippen molar-refractivity contribution < 1.29 is 19.1 Å². The summed E-state index contributed by atoms with van der Waals surface area (Å²) in [6, 6.07) is 21.3. The monoisotopic (exact) mass is 374 g/mol. The van der Waals surface area contributed by atoms with Crippen LogP contribution in [0.3, 0.4) is 0 Å². The molecule has 0 amide bonds. The van der Waals surface area contributed by atoms with E-state index in [-0.39, 0.29) is 0 Å². The van der Waals surface area contributed by atoms with Crippen LogP contribution in [0.4, 0.5) is 0 Å². The van der Waals surface area contributed by atoms with Crippen LogP contribution in [0.15, 0.2) is 72.8 Å². The van der Waals surface area contributed by atoms with E-state index in [2.05, 4.69) is 0 Å². The number of carbonyl (C=O) groups excluding carboxylic acids is 2. The van der Waals surface area contributed by atoms with Gasteiger partial charge in [-0.3, -0.25) is 0 Å². The maximum absolute atomic E-state index is 12.6. The van der Waals surface area contributed by atoms with Crippen LogP contribution in [0.1, 0.15) is 45.7 Å². The zero-order valence-electron chi connectivity index (χ0n) is 16.0. The maximum Gasteiger partial charge on any atom is 0.343 e. The average Bonchev–Trinajstić information content (AvgIpc) is 2.75. The van der Waals surface area contributed by atoms with Crippen molar-refractivity contribution in [1.82, 2.24) is 0 Å². The van der Waals surface area contributed by atoms with Crippen molar-refractivity contribution in [3.05, 3.63) is 95.1 Å². The Kier molecular flexibility index (Phi) is 6.22. The summed E-state index contributed by atoms with van der Waals surface area (Å²) < 4.78 is 11.4. The van der Waals surface area contributed by atoms with Crippen molar-refractivity contribution in [2.24, 2.45) is 0 Å². The third-order valence-electron chi connectivity index (χ3n) is 4.45. The largest absolute Gasteiger partial charge is 0.419 e. The van der Waals surface area contributed by atoms with Gasteiger partial charge in [-0.2, -0.15) is 0 Å². The molecule has 142 valence electrons. The van der Waals surface area contributed by atoms with Crippen molar-refractivity contribution in [3.8, 4) is 11.5 Å². The smallest absolute Gasteiger partial charge is 0.343 e. The van der Waals surface area contributed by atoms with E-state index >= 15 is 0 Å². The topological polar surface area (TPSA) is 52.6 Å². The first-order valence-electron chi connectivity index (χ1n) is 9.33. The lowest BCUT2D eigenvalue weighted by Gasteiger charge is -2.17. The molecule has 0 N–H and O–H groups in total. The van der Waals surface area contributed by atoms with E-state index in [0.717, 1.165) is 11.1 Å². The molecule has 0 radical (unpaired) electrons. The molecule has 3 aromatic rings. The second-order valence-electron chi connectivity index (χ2n) is 6.26. The molecule has 28 heavy (non-hydrogen) atoms. The molecular weight excluding hydrogens is 352 g/mol. The second kappa shape index (κ2) is 9.00. The third kappa shape index (κ3) is 4.29. The molecule has 0 heterocycles. The van der Waals surface area contributed by atoms with E-state index in [0.29, 0.717) is 35.5 Å². The fourth-order valence-corrected chi connectivity index (χ4v) is 2.88. The first-order chi connectivity index (χ1) is 13.6. The summed E-state index contributed by atoms with van der Waals surface area (Å²) in [5.41, 5.74) is 2.48. The number of esters is 2. The zero-order chi connectivity index (χ0) is 19.9. The van der Waals surface area contributed by atoms with Crippen molar-refractivity contribution in [2.45, 2.75) is 26.7 Å². The van der Waals surface area contributed by atoms with Crippen LogP contribution in [0.5, 0.6) is 11.5 Å². The van der Waals surface area contributed by atoms with Gasteiger partial charge in [-0.15, -0.1) is 0 Å². The predicted octanol–water partition coefficient (Wildman–Crippen LogP) is 5.25. The summed E-state index contributed by atoms with van der Waals surface area (Å²) in [6.45, 7) is 3.92. The Balaban J connectivity index is 1.99. The first kappa shape index (κ1) is 19.4. The zero-order valence-corrected chi connectivity index (χ0v) is 16.0. The van der Waals surface area contributed by atoms with Crippen LogP contribution in [0, 0.1) is 0 Å². The highest BCUT2D eigenvalue weighted by Gasteiger charge is 2.22. The van der Waals surface area contributed by atoms with Crippen molar-refractivity contribution in [1.29, 1.82) is 0 Å². The molecule has 0 aliphatic heterocycles. The summed E-state index contributed by atoms with van der Waals surface area (Å²) in [5.74, 6) is -0.360. The van der Waals surface area contributed by atoms with E-state index in [9.17, 15) is 9.59 Å². The summed E-state index contributed by atoms with van der Waals surface area (Å²) in [7, 11) is 0. The number of aryl methyl sites for hydroxylation is 2. The lowest BCUT2D eigenvalue weighted by Crippen LogP contribution is -2.15. The van der Waals surface area contributed by atoms with Gasteiger partial charge in [0, 0.05) is 0 Å². The van der Waals surface area contributed by atoms with Crippen molar-refractivity contribution >= 4 is 11.9 Å². The molecule has 0 saturated carbocycles. The molecule has 0 saturated heterocycles. The molecule has 4 nitrogen and oxygen atoms in total. The van der Waals surface area contributed by atoms with Crippen molar-refractivity contribution in [3.63, 3.8) is 0 Å². The Morgan fingerprint density at radius 1 is 0.607 bits per heavy atom. The molecule has 0 atom stereocenters. The summed E-state index contributed by atoms with van der Waals surface area (Å²) >= 11 is 0. The quantitative estimate of drug-likeness (QED) is 0.437. The van der Waals surface area contributed by atoms with Crippen LogP contribution in [-0.4, -0.2) is 11.9 Å². The van der Waals surface area contributed by atoms with Crippen LogP contribution in [0.25, 0.3) is 0 Å². The standard InChI is InChI=1S/C24H22O4/c1-3-17-15-16-18(4-2)22(28-24(26)20-13-9-6-10-14-20)21(17)27-23(25)19-11-7-5-8-12-19/h5-16H,3-4H2,1-2H3. The Morgan fingerprint density at radius 2 is 0.964 bits per heavy atom. The van der Waals surface area contributed by atoms with Gasteiger partial charge in [0.2, 0.25) is 0 Å². The Morgan fingerprint density at radius 3 is 1.29 bits per heavy atom. The fraction of sp³-hybridized carbons (Fsp3) is 0.167. The number of ether oxygens (including phenoxy) is 2. The number of hydrogen-bond donors (Lipinski definition) is 0. The number of rotatable bonds is 6. The molecular formula is C24H22O4. The molecule has 0 bridgehead atoms. The molecule has 0 aliphatic carbocycles. The van der Waals surface area contributed by atoms with E-state index in [1.807, 2.05) is 38.1 Å². The molecule has 0 spiro atoms. The van der Waals surface area contributed by atoms with Gasteiger partial charge in [-0.05, 0) is 48.2 Å². The summed E-state index contributed by atoms with van der Waals surface area (Å²) in [6.07, 6.45) is 1.27. The van der Waals surface area contributed by atoms with Gasteiger partial charge in [0.05, 0.1) is 11.1 Å². The predicted molar refractivity (Wildman–Crippen MR) is 108 cm³/mol. The highest BCUT2D eigenvalue weighted by Crippen LogP contribution is 2.37. The summed E-state index contributed by atoms with van der Waals surface area (Å²) in [4.78, 5) is 25.3. The van der Waals surface area contributed by atoms with Gasteiger partial charge >= 0.3 is 11.9 Å². The van der Waals surface area contributed by atoms with Crippen LogP contribution < -0.4 is 9.47 Å². The average molecular weight is 374 g/mol. The number of carbonyl (C=O) groups is 2. The van der Waals surface area contributed by atoms with Crippen LogP contribution in [0.2, 0.25) is 0 Å². The lowest BCUT2D eigenvalue weighted by molar-refractivity contribution is 0.0679. The minimum absolute atomic E-state index is 0.306. The van der Waals surface area contributed by atoms with Crippen LogP contribution in [-0.2, 0) is 12.8 Å². The van der Waals surface area contributed by atoms with Gasteiger partial charge in [-0.1, -0.05) is 62.4 Å². The molecule has 0 unspecified atom stereocenters. The number of hydrogen-bond acceptors (Lipinski definition) is 4. The lowest BCUT2D eigenvalue weighted by atomic mass is 10.0. The minimum Gasteiger partial charge on any atom is -0.419 e. The Labute approximate surface area is 164 Å². The van der Waals surface area contributed by atoms with Gasteiger partial charge in [0.25, 0.3) is 0 Å². The normalized spacial score (nSPS) is 10.4. The van der Waals surface area contributed by atoms with E-state index in [4.69, 9.17) is 9.47 Å². The SMILES string of the molecule is CCc1ccc(CC)c(OC(=O)c2ccccc2)c1OC(=O)c1ccccc1. The molecule has 0 aromatic heterocycles. The maximum atomic E-state index is 12.6. The first-order valence-corrected chi connectivity index (χ1v) is 9.33. The minimum atomic E-state index is -0.486. The van der Waals surface area contributed by atoms with Gasteiger partial charge in [0.1, 0.15) is 0 Å². The van der Waals surface area contributed by atoms with Gasteiger partial charge < -0.3 is 9.47 Å². The Hall–Kier alpha value is -3.40. The van der Waals surface area contributed by atoms with Gasteiger partial charge in [0.15, 0.2) is 11.5 Å².